The lowest BCUT2D eigenvalue weighted by Crippen LogP contribution is -2.41. The van der Waals surface area contributed by atoms with Crippen molar-refractivity contribution in [3.05, 3.63) is 30.5 Å². The number of nitrogens with one attached hydrogen (secondary N) is 1. The van der Waals surface area contributed by atoms with Gasteiger partial charge in [0.25, 0.3) is 11.1 Å². The maximum absolute atomic E-state index is 10.2. The lowest BCUT2D eigenvalue weighted by molar-refractivity contribution is 0.0188. The topological polar surface area (TPSA) is 87.4 Å². The fourth-order valence-electron chi connectivity index (χ4n) is 2.93. The highest BCUT2D eigenvalue weighted by Crippen LogP contribution is 2.29. The van der Waals surface area contributed by atoms with Crippen LogP contribution in [0, 0.1) is 0 Å². The van der Waals surface area contributed by atoms with Crippen molar-refractivity contribution in [3.63, 3.8) is 0 Å². The number of hydrogen-bond donors (Lipinski definition) is 2. The molecule has 7 nitrogen and oxygen atoms in total. The van der Waals surface area contributed by atoms with E-state index in [0.717, 1.165) is 42.8 Å². The van der Waals surface area contributed by atoms with E-state index in [1.807, 2.05) is 30.5 Å². The zero-order valence-corrected chi connectivity index (χ0v) is 14.5. The first-order valence-corrected chi connectivity index (χ1v) is 9.29. The van der Waals surface area contributed by atoms with Gasteiger partial charge in [0, 0.05) is 42.5 Å². The summed E-state index contributed by atoms with van der Waals surface area (Å²) in [6.45, 7) is 3.84. The van der Waals surface area contributed by atoms with Crippen LogP contribution >= 0.6 is 11.8 Å². The monoisotopic (exact) mass is 360 g/mol. The van der Waals surface area contributed by atoms with Crippen molar-refractivity contribution in [2.24, 2.45) is 0 Å². The van der Waals surface area contributed by atoms with Gasteiger partial charge in [-0.1, -0.05) is 30.0 Å². The number of aliphatic hydroxyl groups is 1. The number of H-pyrrole nitrogens is 1. The molecule has 1 aliphatic heterocycles. The summed E-state index contributed by atoms with van der Waals surface area (Å²) in [7, 11) is 0. The fourth-order valence-corrected chi connectivity index (χ4v) is 3.60. The number of β-amino-alcohol motifs (C(OH)–C–C–N with tert-alkyl or cyclic N) is 1. The average molecular weight is 360 g/mol. The van der Waals surface area contributed by atoms with Gasteiger partial charge in [-0.3, -0.25) is 4.90 Å². The van der Waals surface area contributed by atoms with Crippen molar-refractivity contribution in [3.8, 4) is 11.5 Å². The molecule has 8 heteroatoms. The average Bonchev–Trinajstić information content (AvgIpc) is 3.27. The summed E-state index contributed by atoms with van der Waals surface area (Å²) in [6, 6.07) is 7.98. The van der Waals surface area contributed by atoms with Crippen molar-refractivity contribution < 1.29 is 14.3 Å². The second kappa shape index (κ2) is 7.57. The summed E-state index contributed by atoms with van der Waals surface area (Å²) in [4.78, 5) is 5.41. The van der Waals surface area contributed by atoms with Crippen LogP contribution in [0.3, 0.4) is 0 Å². The molecule has 3 aromatic rings. The Labute approximate surface area is 149 Å². The molecule has 25 heavy (non-hydrogen) atoms. The van der Waals surface area contributed by atoms with Crippen LogP contribution in [0.25, 0.3) is 22.4 Å². The molecule has 1 aliphatic rings. The second-order valence-electron chi connectivity index (χ2n) is 6.00. The van der Waals surface area contributed by atoms with Crippen molar-refractivity contribution in [1.82, 2.24) is 20.1 Å². The first-order valence-electron chi connectivity index (χ1n) is 8.30. The van der Waals surface area contributed by atoms with E-state index in [1.165, 1.54) is 11.8 Å². The van der Waals surface area contributed by atoms with E-state index in [1.54, 1.807) is 0 Å². The molecule has 4 rings (SSSR count). The van der Waals surface area contributed by atoms with E-state index in [2.05, 4.69) is 20.1 Å². The van der Waals surface area contributed by atoms with Crippen molar-refractivity contribution in [1.29, 1.82) is 0 Å². The minimum atomic E-state index is -0.438. The van der Waals surface area contributed by atoms with E-state index in [4.69, 9.17) is 9.15 Å². The second-order valence-corrected chi connectivity index (χ2v) is 6.97. The zero-order chi connectivity index (χ0) is 17.1. The SMILES string of the molecule is O[C@@H](CSc1nnc(-c2c[nH]c3ccccc23)o1)CN1CCOCC1. The van der Waals surface area contributed by atoms with Gasteiger partial charge in [0.2, 0.25) is 0 Å². The number of nitrogens with zero attached hydrogens (tertiary/aromatic N) is 3. The van der Waals surface area contributed by atoms with Crippen LogP contribution in [0.4, 0.5) is 0 Å². The number of hydrogen-bond acceptors (Lipinski definition) is 7. The molecule has 0 unspecified atom stereocenters. The van der Waals surface area contributed by atoms with E-state index in [0.29, 0.717) is 23.4 Å². The lowest BCUT2D eigenvalue weighted by atomic mass is 10.2. The Kier molecular flexibility index (Phi) is 5.02. The van der Waals surface area contributed by atoms with Gasteiger partial charge in [0.15, 0.2) is 0 Å². The molecule has 0 spiro atoms. The van der Waals surface area contributed by atoms with E-state index in [9.17, 15) is 5.11 Å². The summed E-state index contributed by atoms with van der Waals surface area (Å²) in [5, 5.41) is 19.9. The number of fused-ring (bicyclic) bond motifs is 1. The zero-order valence-electron chi connectivity index (χ0n) is 13.7. The van der Waals surface area contributed by atoms with Crippen molar-refractivity contribution >= 4 is 22.7 Å². The van der Waals surface area contributed by atoms with Crippen molar-refractivity contribution in [2.45, 2.75) is 11.3 Å². The molecule has 0 amide bonds. The van der Waals surface area contributed by atoms with Gasteiger partial charge in [-0.25, -0.2) is 0 Å². The third-order valence-corrected chi connectivity index (χ3v) is 5.16. The van der Waals surface area contributed by atoms with E-state index in [-0.39, 0.29) is 0 Å². The third-order valence-electron chi connectivity index (χ3n) is 4.20. The Morgan fingerprint density at radius 1 is 1.24 bits per heavy atom. The maximum atomic E-state index is 10.2. The van der Waals surface area contributed by atoms with E-state index < -0.39 is 6.10 Å². The van der Waals surface area contributed by atoms with Crippen LogP contribution in [0.1, 0.15) is 0 Å². The standard InChI is InChI=1S/C17H20N4O3S/c22-12(10-21-5-7-23-8-6-21)11-25-17-20-19-16(24-17)14-9-18-15-4-2-1-3-13(14)15/h1-4,9,12,18,22H,5-8,10-11H2/t12-/m1/s1. The summed E-state index contributed by atoms with van der Waals surface area (Å²) >= 11 is 1.38. The highest BCUT2D eigenvalue weighted by molar-refractivity contribution is 7.99. The number of thioether (sulfide) groups is 1. The highest BCUT2D eigenvalue weighted by Gasteiger charge is 2.17. The van der Waals surface area contributed by atoms with Crippen LogP contribution in [-0.2, 0) is 4.74 Å². The Hall–Kier alpha value is -1.87. The molecule has 132 valence electrons. The van der Waals surface area contributed by atoms with Gasteiger partial charge in [0.1, 0.15) is 0 Å². The normalized spacial score (nSPS) is 17.2. The Morgan fingerprint density at radius 2 is 2.08 bits per heavy atom. The lowest BCUT2D eigenvalue weighted by Gasteiger charge is -2.28. The largest absolute Gasteiger partial charge is 0.411 e. The number of aromatic nitrogens is 3. The van der Waals surface area contributed by atoms with Crippen LogP contribution < -0.4 is 0 Å². The molecule has 1 aromatic carbocycles. The van der Waals surface area contributed by atoms with Crippen LogP contribution in [0.15, 0.2) is 40.1 Å². The molecule has 2 N–H and O–H groups in total. The summed E-state index contributed by atoms with van der Waals surface area (Å²) in [6.07, 6.45) is 1.44. The number of aromatic amines is 1. The molecule has 2 aromatic heterocycles. The quantitative estimate of drug-likeness (QED) is 0.650. The highest BCUT2D eigenvalue weighted by atomic mass is 32.2. The van der Waals surface area contributed by atoms with Gasteiger partial charge >= 0.3 is 0 Å². The number of aliphatic hydroxyl groups excluding tert-OH is 1. The summed E-state index contributed by atoms with van der Waals surface area (Å²) in [5.74, 6) is 1.01. The van der Waals surface area contributed by atoms with Gasteiger partial charge in [0.05, 0.1) is 24.9 Å². The van der Waals surface area contributed by atoms with Crippen LogP contribution in [-0.4, -0.2) is 69.9 Å². The Bertz CT molecular complexity index is 828. The predicted molar refractivity (Wildman–Crippen MR) is 95.6 cm³/mol. The number of benzene rings is 1. The summed E-state index contributed by atoms with van der Waals surface area (Å²) < 4.78 is 11.1. The van der Waals surface area contributed by atoms with Gasteiger partial charge in [-0.05, 0) is 6.07 Å². The molecule has 0 radical (unpaired) electrons. The number of para-hydroxylation sites is 1. The molecule has 1 fully saturated rings. The molecule has 1 atom stereocenters. The molecular formula is C17H20N4O3S. The maximum Gasteiger partial charge on any atom is 0.276 e. The molecule has 3 heterocycles. The first kappa shape index (κ1) is 16.6. The minimum absolute atomic E-state index is 0.438. The molecule has 0 aliphatic carbocycles. The van der Waals surface area contributed by atoms with Crippen molar-refractivity contribution in [2.75, 3.05) is 38.6 Å². The van der Waals surface area contributed by atoms with Gasteiger partial charge in [-0.2, -0.15) is 0 Å². The number of rotatable bonds is 6. The summed E-state index contributed by atoms with van der Waals surface area (Å²) in [5.41, 5.74) is 1.93. The van der Waals surface area contributed by atoms with Gasteiger partial charge < -0.3 is 19.2 Å². The van der Waals surface area contributed by atoms with Crippen LogP contribution in [0.2, 0.25) is 0 Å². The molecular weight excluding hydrogens is 340 g/mol. The first-order chi connectivity index (χ1) is 12.3. The minimum Gasteiger partial charge on any atom is -0.411 e. The number of ether oxygens (including phenoxy) is 1. The molecule has 0 bridgehead atoms. The van der Waals surface area contributed by atoms with Gasteiger partial charge in [-0.15, -0.1) is 10.2 Å². The number of morpholine rings is 1. The fraction of sp³-hybridized carbons (Fsp3) is 0.412. The Balaban J connectivity index is 1.36. The van der Waals surface area contributed by atoms with Crippen LogP contribution in [0.5, 0.6) is 0 Å². The third kappa shape index (κ3) is 3.87. The molecule has 1 saturated heterocycles. The Morgan fingerprint density at radius 3 is 2.96 bits per heavy atom. The molecule has 0 saturated carbocycles. The van der Waals surface area contributed by atoms with E-state index >= 15 is 0 Å². The predicted octanol–water partition coefficient (Wildman–Crippen LogP) is 2.00. The smallest absolute Gasteiger partial charge is 0.276 e.